The molecule has 1 fully saturated rings. The van der Waals surface area contributed by atoms with Crippen LogP contribution in [0.2, 0.25) is 0 Å². The third kappa shape index (κ3) is 6.59. The molecule has 0 atom stereocenters. The molecule has 1 aliphatic rings. The van der Waals surface area contributed by atoms with Crippen molar-refractivity contribution >= 4 is 12.1 Å². The number of ether oxygens (including phenoxy) is 4. The van der Waals surface area contributed by atoms with E-state index in [-0.39, 0.29) is 19.8 Å². The van der Waals surface area contributed by atoms with E-state index in [1.165, 1.54) is 0 Å². The van der Waals surface area contributed by atoms with Crippen molar-refractivity contribution in [3.63, 3.8) is 0 Å². The number of carboxylic acids is 1. The van der Waals surface area contributed by atoms with E-state index < -0.39 is 35.6 Å². The van der Waals surface area contributed by atoms with Crippen molar-refractivity contribution in [1.29, 1.82) is 0 Å². The number of carbonyl (C=O) groups is 2. The summed E-state index contributed by atoms with van der Waals surface area (Å²) in [5, 5.41) is 11.3. The van der Waals surface area contributed by atoms with Gasteiger partial charge in [0.25, 0.3) is 0 Å². The van der Waals surface area contributed by atoms with E-state index in [1.807, 2.05) is 0 Å². The number of carbonyl (C=O) groups excluding carboxylic acids is 1. The normalized spacial score (nSPS) is 20.2. The Kier molecular flexibility index (Phi) is 5.77. The number of rotatable bonds is 5. The molecule has 22 heavy (non-hydrogen) atoms. The summed E-state index contributed by atoms with van der Waals surface area (Å²) in [5.41, 5.74) is -1.64. The van der Waals surface area contributed by atoms with Gasteiger partial charge in [0.15, 0.2) is 5.79 Å². The average Bonchev–Trinajstić information content (AvgIpc) is 2.30. The zero-order valence-corrected chi connectivity index (χ0v) is 13.7. The van der Waals surface area contributed by atoms with Crippen LogP contribution < -0.4 is 5.32 Å². The summed E-state index contributed by atoms with van der Waals surface area (Å²) in [7, 11) is 0. The maximum absolute atomic E-state index is 12.0. The highest BCUT2D eigenvalue weighted by Gasteiger charge is 2.42. The number of nitrogens with one attached hydrogen (secondary N) is 1. The minimum atomic E-state index is -1.09. The minimum Gasteiger partial charge on any atom is -0.480 e. The maximum Gasteiger partial charge on any atom is 0.408 e. The summed E-state index contributed by atoms with van der Waals surface area (Å²) in [6.45, 7) is 8.46. The van der Waals surface area contributed by atoms with Gasteiger partial charge in [-0.3, -0.25) is 0 Å². The predicted molar refractivity (Wildman–Crippen MR) is 76.5 cm³/mol. The summed E-state index contributed by atoms with van der Waals surface area (Å²) in [6.07, 6.45) is -0.640. The molecule has 1 amide bonds. The van der Waals surface area contributed by atoms with Gasteiger partial charge in [-0.15, -0.1) is 0 Å². The number of carboxylic acid groups (broad SMARTS) is 1. The Morgan fingerprint density at radius 1 is 1.23 bits per heavy atom. The molecule has 0 radical (unpaired) electrons. The quantitative estimate of drug-likeness (QED) is 0.783. The van der Waals surface area contributed by atoms with E-state index in [9.17, 15) is 9.59 Å². The highest BCUT2D eigenvalue weighted by Crippen LogP contribution is 2.24. The van der Waals surface area contributed by atoms with Gasteiger partial charge in [0, 0.05) is 0 Å². The topological polar surface area (TPSA) is 103 Å². The summed E-state index contributed by atoms with van der Waals surface area (Å²) < 4.78 is 21.4. The van der Waals surface area contributed by atoms with E-state index in [0.717, 1.165) is 0 Å². The van der Waals surface area contributed by atoms with Crippen LogP contribution in [0.5, 0.6) is 0 Å². The first-order valence-corrected chi connectivity index (χ1v) is 7.02. The zero-order valence-electron chi connectivity index (χ0n) is 13.7. The maximum atomic E-state index is 12.0. The van der Waals surface area contributed by atoms with Gasteiger partial charge in [0.05, 0.1) is 19.8 Å². The Hall–Kier alpha value is -1.38. The van der Waals surface area contributed by atoms with Crippen molar-refractivity contribution < 1.29 is 33.6 Å². The third-order valence-electron chi connectivity index (χ3n) is 2.76. The molecular weight excluding hydrogens is 294 g/mol. The van der Waals surface area contributed by atoms with Crippen LogP contribution in [0.3, 0.4) is 0 Å². The molecule has 0 unspecified atom stereocenters. The Balaban J connectivity index is 2.70. The molecule has 1 aliphatic heterocycles. The summed E-state index contributed by atoms with van der Waals surface area (Å²) in [6, 6.07) is 0. The van der Waals surface area contributed by atoms with E-state index in [2.05, 4.69) is 5.32 Å². The number of hydrogen-bond acceptors (Lipinski definition) is 6. The summed E-state index contributed by atoms with van der Waals surface area (Å²) >= 11 is 0. The average molecular weight is 319 g/mol. The van der Waals surface area contributed by atoms with Crippen LogP contribution in [0.1, 0.15) is 34.6 Å². The van der Waals surface area contributed by atoms with E-state index in [1.54, 1.807) is 34.6 Å². The van der Waals surface area contributed by atoms with Crippen LogP contribution in [0, 0.1) is 0 Å². The molecule has 0 saturated carbocycles. The molecule has 0 aliphatic carbocycles. The first-order valence-electron chi connectivity index (χ1n) is 7.02. The molecule has 0 aromatic rings. The number of hydrogen-bond donors (Lipinski definition) is 2. The molecule has 1 heterocycles. The molecule has 0 bridgehead atoms. The van der Waals surface area contributed by atoms with Gasteiger partial charge in [-0.2, -0.15) is 0 Å². The van der Waals surface area contributed by atoms with E-state index in [4.69, 9.17) is 24.1 Å². The van der Waals surface area contributed by atoms with Crippen molar-refractivity contribution in [1.82, 2.24) is 5.32 Å². The fraction of sp³-hybridized carbons (Fsp3) is 0.857. The van der Waals surface area contributed by atoms with E-state index in [0.29, 0.717) is 0 Å². The van der Waals surface area contributed by atoms with Gasteiger partial charge >= 0.3 is 12.1 Å². The highest BCUT2D eigenvalue weighted by molar-refractivity contribution is 5.69. The second kappa shape index (κ2) is 6.80. The predicted octanol–water partition coefficient (Wildman–Crippen LogP) is 1.13. The lowest BCUT2D eigenvalue weighted by Crippen LogP contribution is -2.64. The molecule has 0 aromatic carbocycles. The fourth-order valence-electron chi connectivity index (χ4n) is 1.75. The highest BCUT2D eigenvalue weighted by atomic mass is 16.7. The van der Waals surface area contributed by atoms with Crippen LogP contribution in [0.25, 0.3) is 0 Å². The van der Waals surface area contributed by atoms with Gasteiger partial charge in [0.1, 0.15) is 17.7 Å². The van der Waals surface area contributed by atoms with Gasteiger partial charge in [-0.25, -0.2) is 9.59 Å². The van der Waals surface area contributed by atoms with Gasteiger partial charge < -0.3 is 29.4 Å². The Bertz CT molecular complexity index is 404. The molecule has 8 nitrogen and oxygen atoms in total. The van der Waals surface area contributed by atoms with Gasteiger partial charge in [-0.05, 0) is 34.6 Å². The van der Waals surface area contributed by atoms with Crippen LogP contribution in [-0.4, -0.2) is 60.5 Å². The zero-order chi connectivity index (χ0) is 17.0. The first kappa shape index (κ1) is 18.7. The van der Waals surface area contributed by atoms with Gasteiger partial charge in [-0.1, -0.05) is 0 Å². The minimum absolute atomic E-state index is 0.0609. The molecule has 0 spiro atoms. The Labute approximate surface area is 130 Å². The number of aliphatic carboxylic acids is 1. The molecule has 128 valence electrons. The second-order valence-corrected chi connectivity index (χ2v) is 6.77. The molecule has 1 rings (SSSR count). The lowest BCUT2D eigenvalue weighted by molar-refractivity contribution is -0.275. The number of alkyl carbamates (subject to hydrolysis) is 1. The smallest absolute Gasteiger partial charge is 0.408 e. The van der Waals surface area contributed by atoms with Crippen molar-refractivity contribution in [2.45, 2.75) is 51.5 Å². The summed E-state index contributed by atoms with van der Waals surface area (Å²) in [4.78, 5) is 22.5. The largest absolute Gasteiger partial charge is 0.480 e. The number of amides is 1. The van der Waals surface area contributed by atoms with Crippen LogP contribution in [0.4, 0.5) is 4.79 Å². The lowest BCUT2D eigenvalue weighted by Gasteiger charge is -2.43. The van der Waals surface area contributed by atoms with Crippen molar-refractivity contribution in [3.05, 3.63) is 0 Å². The molecule has 2 N–H and O–H groups in total. The van der Waals surface area contributed by atoms with E-state index >= 15 is 0 Å². The van der Waals surface area contributed by atoms with Crippen LogP contribution >= 0.6 is 0 Å². The third-order valence-corrected chi connectivity index (χ3v) is 2.76. The van der Waals surface area contributed by atoms with Crippen molar-refractivity contribution in [3.8, 4) is 0 Å². The van der Waals surface area contributed by atoms with Crippen LogP contribution in [-0.2, 0) is 23.7 Å². The summed E-state index contributed by atoms with van der Waals surface area (Å²) in [5.74, 6) is -1.86. The van der Waals surface area contributed by atoms with Crippen molar-refractivity contribution in [2.75, 3.05) is 26.4 Å². The monoisotopic (exact) mass is 319 g/mol. The SMILES string of the molecule is CC(C)(C)OC(=O)NC1(COCC(=O)O)COC(C)(C)OC1. The molecular formula is C14H25NO7. The standard InChI is InChI=1S/C14H25NO7/c1-12(2,3)22-11(18)15-14(7-19-6-10(16)17)8-20-13(4,5)21-9-14/h6-9H2,1-5H3,(H,15,18)(H,16,17). The Morgan fingerprint density at radius 3 is 2.23 bits per heavy atom. The molecule has 0 aromatic heterocycles. The molecule has 1 saturated heterocycles. The molecule has 8 heteroatoms. The second-order valence-electron chi connectivity index (χ2n) is 6.77. The van der Waals surface area contributed by atoms with Crippen LogP contribution in [0.15, 0.2) is 0 Å². The first-order chi connectivity index (χ1) is 9.93. The lowest BCUT2D eigenvalue weighted by atomic mass is 10.0. The fourth-order valence-corrected chi connectivity index (χ4v) is 1.75. The van der Waals surface area contributed by atoms with Gasteiger partial charge in [0.2, 0.25) is 0 Å². The Morgan fingerprint density at radius 2 is 1.77 bits per heavy atom. The van der Waals surface area contributed by atoms with Crippen molar-refractivity contribution in [2.24, 2.45) is 0 Å².